The highest BCUT2D eigenvalue weighted by atomic mass is 32.1. The van der Waals surface area contributed by atoms with Gasteiger partial charge in [0.05, 0.1) is 12.3 Å². The lowest BCUT2D eigenvalue weighted by molar-refractivity contribution is 0.234. The van der Waals surface area contributed by atoms with E-state index < -0.39 is 0 Å². The minimum Gasteiger partial charge on any atom is -0.450 e. The molecule has 5 heteroatoms. The SMILES string of the molecule is CC(C)CNCc1coc(OCCc2cccs2)n1. The summed E-state index contributed by atoms with van der Waals surface area (Å²) in [4.78, 5) is 5.59. The summed E-state index contributed by atoms with van der Waals surface area (Å²) in [6, 6.07) is 4.15. The molecule has 0 saturated heterocycles. The van der Waals surface area contributed by atoms with Crippen LogP contribution in [0.3, 0.4) is 0 Å². The van der Waals surface area contributed by atoms with Crippen molar-refractivity contribution in [1.82, 2.24) is 10.3 Å². The van der Waals surface area contributed by atoms with Crippen LogP contribution in [0.2, 0.25) is 0 Å². The van der Waals surface area contributed by atoms with E-state index in [-0.39, 0.29) is 0 Å². The van der Waals surface area contributed by atoms with E-state index in [1.807, 2.05) is 6.07 Å². The lowest BCUT2D eigenvalue weighted by atomic mass is 10.2. The van der Waals surface area contributed by atoms with E-state index in [1.165, 1.54) is 4.88 Å². The Kier molecular flexibility index (Phi) is 5.42. The lowest BCUT2D eigenvalue weighted by Crippen LogP contribution is -2.19. The lowest BCUT2D eigenvalue weighted by Gasteiger charge is -2.04. The molecule has 0 fully saturated rings. The van der Waals surface area contributed by atoms with Crippen LogP contribution >= 0.6 is 11.3 Å². The molecule has 0 radical (unpaired) electrons. The molecule has 0 bridgehead atoms. The minimum absolute atomic E-state index is 0.359. The summed E-state index contributed by atoms with van der Waals surface area (Å²) < 4.78 is 10.8. The van der Waals surface area contributed by atoms with E-state index in [9.17, 15) is 0 Å². The molecule has 2 rings (SSSR count). The topological polar surface area (TPSA) is 47.3 Å². The Morgan fingerprint density at radius 3 is 3.11 bits per heavy atom. The van der Waals surface area contributed by atoms with Crippen LogP contribution in [-0.4, -0.2) is 18.1 Å². The van der Waals surface area contributed by atoms with Crippen LogP contribution in [0.5, 0.6) is 6.08 Å². The fraction of sp³-hybridized carbons (Fsp3) is 0.500. The molecular weight excluding hydrogens is 260 g/mol. The van der Waals surface area contributed by atoms with Crippen molar-refractivity contribution >= 4 is 11.3 Å². The molecule has 2 aromatic heterocycles. The van der Waals surface area contributed by atoms with E-state index in [1.54, 1.807) is 17.6 Å². The first-order valence-corrected chi connectivity index (χ1v) is 7.42. The van der Waals surface area contributed by atoms with Gasteiger partial charge in [-0.25, -0.2) is 0 Å². The highest BCUT2D eigenvalue weighted by Gasteiger charge is 2.05. The van der Waals surface area contributed by atoms with Crippen LogP contribution in [0.25, 0.3) is 0 Å². The summed E-state index contributed by atoms with van der Waals surface area (Å²) in [5, 5.41) is 5.38. The van der Waals surface area contributed by atoms with Crippen molar-refractivity contribution in [2.24, 2.45) is 5.92 Å². The first-order chi connectivity index (χ1) is 9.24. The monoisotopic (exact) mass is 280 g/mol. The first-order valence-electron chi connectivity index (χ1n) is 6.54. The van der Waals surface area contributed by atoms with Crippen LogP contribution in [0.1, 0.15) is 24.4 Å². The summed E-state index contributed by atoms with van der Waals surface area (Å²) in [6.45, 7) is 6.64. The molecule has 0 saturated carbocycles. The number of ether oxygens (including phenoxy) is 1. The molecule has 0 aliphatic carbocycles. The first kappa shape index (κ1) is 14.1. The second-order valence-electron chi connectivity index (χ2n) is 4.81. The van der Waals surface area contributed by atoms with Crippen molar-refractivity contribution in [1.29, 1.82) is 0 Å². The highest BCUT2D eigenvalue weighted by Crippen LogP contribution is 2.13. The molecule has 0 amide bonds. The molecular formula is C14H20N2O2S. The molecule has 0 aliphatic rings. The molecule has 0 atom stereocenters. The third-order valence-corrected chi connectivity index (χ3v) is 3.48. The maximum atomic E-state index is 5.49. The quantitative estimate of drug-likeness (QED) is 0.807. The summed E-state index contributed by atoms with van der Waals surface area (Å²) in [5.74, 6) is 0.633. The number of rotatable bonds is 8. The van der Waals surface area contributed by atoms with E-state index in [0.29, 0.717) is 18.6 Å². The molecule has 2 aromatic rings. The van der Waals surface area contributed by atoms with Gasteiger partial charge in [0.15, 0.2) is 0 Å². The van der Waals surface area contributed by atoms with Gasteiger partial charge >= 0.3 is 6.08 Å². The molecule has 0 aromatic carbocycles. The standard InChI is InChI=1S/C14H20N2O2S/c1-11(2)8-15-9-12-10-18-14(16-12)17-6-5-13-4-3-7-19-13/h3-4,7,10-11,15H,5-6,8-9H2,1-2H3. The van der Waals surface area contributed by atoms with Crippen molar-refractivity contribution in [2.75, 3.05) is 13.2 Å². The second-order valence-corrected chi connectivity index (χ2v) is 5.84. The van der Waals surface area contributed by atoms with Gasteiger partial charge in [0.2, 0.25) is 0 Å². The molecule has 104 valence electrons. The zero-order valence-electron chi connectivity index (χ0n) is 11.4. The second kappa shape index (κ2) is 7.31. The van der Waals surface area contributed by atoms with Gasteiger partial charge in [-0.1, -0.05) is 19.9 Å². The molecule has 1 N–H and O–H groups in total. The number of nitrogens with zero attached hydrogens (tertiary/aromatic N) is 1. The van der Waals surface area contributed by atoms with Gasteiger partial charge in [0.1, 0.15) is 6.26 Å². The van der Waals surface area contributed by atoms with Crippen LogP contribution in [0.4, 0.5) is 0 Å². The predicted molar refractivity (Wildman–Crippen MR) is 76.6 cm³/mol. The summed E-state index contributed by atoms with van der Waals surface area (Å²) in [7, 11) is 0. The predicted octanol–water partition coefficient (Wildman–Crippen LogP) is 3.10. The Bertz CT molecular complexity index is 466. The molecule has 2 heterocycles. The normalized spacial score (nSPS) is 11.1. The highest BCUT2D eigenvalue weighted by molar-refractivity contribution is 7.09. The summed E-state index contributed by atoms with van der Waals surface area (Å²) >= 11 is 1.74. The fourth-order valence-corrected chi connectivity index (χ4v) is 2.31. The van der Waals surface area contributed by atoms with Crippen LogP contribution in [0, 0.1) is 5.92 Å². The van der Waals surface area contributed by atoms with E-state index in [0.717, 1.165) is 25.2 Å². The van der Waals surface area contributed by atoms with Crippen LogP contribution in [-0.2, 0) is 13.0 Å². The van der Waals surface area contributed by atoms with Gasteiger partial charge in [-0.15, -0.1) is 11.3 Å². The van der Waals surface area contributed by atoms with Gasteiger partial charge in [-0.2, -0.15) is 4.98 Å². The minimum atomic E-state index is 0.359. The molecule has 0 spiro atoms. The van der Waals surface area contributed by atoms with Crippen molar-refractivity contribution in [3.05, 3.63) is 34.3 Å². The van der Waals surface area contributed by atoms with Crippen molar-refractivity contribution in [3.8, 4) is 6.08 Å². The average molecular weight is 280 g/mol. The zero-order chi connectivity index (χ0) is 13.5. The Hall–Kier alpha value is -1.33. The van der Waals surface area contributed by atoms with Gasteiger partial charge in [0, 0.05) is 17.8 Å². The smallest absolute Gasteiger partial charge is 0.393 e. The van der Waals surface area contributed by atoms with Crippen molar-refractivity contribution in [2.45, 2.75) is 26.8 Å². The van der Waals surface area contributed by atoms with Crippen LogP contribution in [0.15, 0.2) is 28.2 Å². The Morgan fingerprint density at radius 2 is 2.37 bits per heavy atom. The number of oxazole rings is 1. The van der Waals surface area contributed by atoms with Crippen LogP contribution < -0.4 is 10.1 Å². The zero-order valence-corrected chi connectivity index (χ0v) is 12.2. The Labute approximate surface area is 117 Å². The summed E-state index contributed by atoms with van der Waals surface area (Å²) in [5.41, 5.74) is 0.881. The fourth-order valence-electron chi connectivity index (χ4n) is 1.62. The molecule has 0 unspecified atom stereocenters. The maximum absolute atomic E-state index is 5.49. The number of hydrogen-bond acceptors (Lipinski definition) is 5. The van der Waals surface area contributed by atoms with Gasteiger partial charge in [-0.3, -0.25) is 0 Å². The largest absolute Gasteiger partial charge is 0.450 e. The summed E-state index contributed by atoms with van der Waals surface area (Å²) in [6.07, 6.45) is 2.90. The van der Waals surface area contributed by atoms with Gasteiger partial charge in [-0.05, 0) is 23.9 Å². The van der Waals surface area contributed by atoms with E-state index >= 15 is 0 Å². The third-order valence-electron chi connectivity index (χ3n) is 2.54. The Morgan fingerprint density at radius 1 is 1.47 bits per heavy atom. The molecule has 4 nitrogen and oxygen atoms in total. The Balaban J connectivity index is 1.68. The van der Waals surface area contributed by atoms with Gasteiger partial charge in [0.25, 0.3) is 0 Å². The molecule has 0 aliphatic heterocycles. The van der Waals surface area contributed by atoms with Crippen molar-refractivity contribution in [3.63, 3.8) is 0 Å². The third kappa shape index (κ3) is 5.04. The van der Waals surface area contributed by atoms with Crippen molar-refractivity contribution < 1.29 is 9.15 Å². The van der Waals surface area contributed by atoms with E-state index in [2.05, 4.69) is 35.6 Å². The number of aromatic nitrogens is 1. The number of nitrogens with one attached hydrogen (secondary N) is 1. The molecule has 19 heavy (non-hydrogen) atoms. The number of hydrogen-bond donors (Lipinski definition) is 1. The maximum Gasteiger partial charge on any atom is 0.393 e. The van der Waals surface area contributed by atoms with E-state index in [4.69, 9.17) is 9.15 Å². The van der Waals surface area contributed by atoms with Gasteiger partial charge < -0.3 is 14.5 Å². The average Bonchev–Trinajstić information content (AvgIpc) is 3.00. The number of thiophene rings is 1.